The fraction of sp³-hybridized carbons (Fsp3) is 0.0625. The highest BCUT2D eigenvalue weighted by molar-refractivity contribution is 6.32. The van der Waals surface area contributed by atoms with E-state index in [2.05, 4.69) is 15.1 Å². The van der Waals surface area contributed by atoms with Gasteiger partial charge in [-0.1, -0.05) is 17.7 Å². The molecule has 0 aliphatic heterocycles. The molecule has 4 aromatic rings. The van der Waals surface area contributed by atoms with E-state index in [1.54, 1.807) is 24.4 Å². The molecule has 0 radical (unpaired) electrons. The van der Waals surface area contributed by atoms with Crippen molar-refractivity contribution >= 4 is 17.2 Å². The fourth-order valence-corrected chi connectivity index (χ4v) is 2.66. The Morgan fingerprint density at radius 2 is 2.21 bits per heavy atom. The molecule has 7 nitrogen and oxygen atoms in total. The SMILES string of the molecule is COc1cc(-c2cc(=O)n3[nH]cc(-c4ncco4)c3n2)ccc1Cl. The number of ether oxygens (including phenoxy) is 1. The minimum atomic E-state index is -0.248. The zero-order valence-corrected chi connectivity index (χ0v) is 13.2. The van der Waals surface area contributed by atoms with E-state index in [9.17, 15) is 4.79 Å². The van der Waals surface area contributed by atoms with Crippen molar-refractivity contribution in [3.8, 4) is 28.5 Å². The number of rotatable bonds is 3. The molecule has 3 aromatic heterocycles. The van der Waals surface area contributed by atoms with Gasteiger partial charge in [-0.3, -0.25) is 9.89 Å². The Kier molecular flexibility index (Phi) is 3.35. The summed E-state index contributed by atoms with van der Waals surface area (Å²) < 4.78 is 11.8. The van der Waals surface area contributed by atoms with Crippen molar-refractivity contribution in [1.82, 2.24) is 19.6 Å². The van der Waals surface area contributed by atoms with Crippen molar-refractivity contribution < 1.29 is 9.15 Å². The molecule has 24 heavy (non-hydrogen) atoms. The molecule has 0 atom stereocenters. The quantitative estimate of drug-likeness (QED) is 0.618. The minimum absolute atomic E-state index is 0.248. The Hall–Kier alpha value is -3.06. The highest BCUT2D eigenvalue weighted by Gasteiger charge is 2.15. The summed E-state index contributed by atoms with van der Waals surface area (Å²) >= 11 is 6.05. The molecule has 0 amide bonds. The minimum Gasteiger partial charge on any atom is -0.495 e. The average Bonchev–Trinajstić information content (AvgIpc) is 3.24. The molecular formula is C16H11ClN4O3. The highest BCUT2D eigenvalue weighted by atomic mass is 35.5. The number of aromatic amines is 1. The van der Waals surface area contributed by atoms with Crippen LogP contribution in [0.25, 0.3) is 28.4 Å². The van der Waals surface area contributed by atoms with Crippen LogP contribution in [0.15, 0.2) is 52.1 Å². The molecule has 0 saturated carbocycles. The molecule has 0 aliphatic carbocycles. The zero-order valence-electron chi connectivity index (χ0n) is 12.5. The summed E-state index contributed by atoms with van der Waals surface area (Å²) in [6.45, 7) is 0. The Morgan fingerprint density at radius 1 is 1.33 bits per heavy atom. The Bertz CT molecular complexity index is 1080. The molecule has 8 heteroatoms. The number of hydrogen-bond acceptors (Lipinski definition) is 5. The van der Waals surface area contributed by atoms with Crippen LogP contribution < -0.4 is 10.3 Å². The van der Waals surface area contributed by atoms with Crippen molar-refractivity contribution in [2.45, 2.75) is 0 Å². The van der Waals surface area contributed by atoms with Crippen LogP contribution in [0.2, 0.25) is 5.02 Å². The van der Waals surface area contributed by atoms with Crippen LogP contribution in [0.5, 0.6) is 5.75 Å². The molecule has 0 aliphatic rings. The number of fused-ring (bicyclic) bond motifs is 1. The molecule has 0 unspecified atom stereocenters. The lowest BCUT2D eigenvalue weighted by molar-refractivity contribution is 0.415. The van der Waals surface area contributed by atoms with E-state index < -0.39 is 0 Å². The van der Waals surface area contributed by atoms with Crippen LogP contribution in [0, 0.1) is 0 Å². The number of benzene rings is 1. The van der Waals surface area contributed by atoms with Gasteiger partial charge in [0.05, 0.1) is 29.6 Å². The standard InChI is InChI=1S/C16H11ClN4O3/c1-23-13-6-9(2-3-11(13)17)12-7-14(22)21-15(20-12)10(8-19-21)16-18-4-5-24-16/h2-8,19H,1H3. The predicted molar refractivity (Wildman–Crippen MR) is 88.3 cm³/mol. The first-order chi connectivity index (χ1) is 11.7. The number of halogens is 1. The second kappa shape index (κ2) is 5.54. The molecule has 4 rings (SSSR count). The van der Waals surface area contributed by atoms with Crippen LogP contribution in [-0.4, -0.2) is 26.7 Å². The van der Waals surface area contributed by atoms with Crippen molar-refractivity contribution in [3.05, 3.63) is 58.3 Å². The third kappa shape index (κ3) is 2.26. The summed E-state index contributed by atoms with van der Waals surface area (Å²) in [7, 11) is 1.53. The molecule has 1 aromatic carbocycles. The van der Waals surface area contributed by atoms with E-state index in [1.165, 1.54) is 30.2 Å². The largest absolute Gasteiger partial charge is 0.495 e. The topological polar surface area (TPSA) is 85.4 Å². The number of oxazole rings is 1. The van der Waals surface area contributed by atoms with Crippen LogP contribution in [0.1, 0.15) is 0 Å². The lowest BCUT2D eigenvalue weighted by Gasteiger charge is -2.06. The number of methoxy groups -OCH3 is 1. The lowest BCUT2D eigenvalue weighted by Crippen LogP contribution is -2.14. The lowest BCUT2D eigenvalue weighted by atomic mass is 10.1. The molecular weight excluding hydrogens is 332 g/mol. The number of nitrogens with one attached hydrogen (secondary N) is 1. The van der Waals surface area contributed by atoms with E-state index in [1.807, 2.05) is 0 Å². The van der Waals surface area contributed by atoms with Crippen LogP contribution in [-0.2, 0) is 0 Å². The van der Waals surface area contributed by atoms with Gasteiger partial charge in [-0.15, -0.1) is 0 Å². The van der Waals surface area contributed by atoms with Gasteiger partial charge in [-0.25, -0.2) is 14.5 Å². The Balaban J connectivity index is 1.94. The van der Waals surface area contributed by atoms with Crippen LogP contribution >= 0.6 is 11.6 Å². The first-order valence-corrected chi connectivity index (χ1v) is 7.40. The van der Waals surface area contributed by atoms with Crippen molar-refractivity contribution in [3.63, 3.8) is 0 Å². The summed E-state index contributed by atoms with van der Waals surface area (Å²) in [5.41, 5.74) is 1.99. The second-order valence-electron chi connectivity index (χ2n) is 5.01. The van der Waals surface area contributed by atoms with Gasteiger partial charge in [0.25, 0.3) is 5.56 Å². The third-order valence-corrected chi connectivity index (χ3v) is 3.92. The smallest absolute Gasteiger partial charge is 0.273 e. The first kappa shape index (κ1) is 14.5. The first-order valence-electron chi connectivity index (χ1n) is 7.02. The Labute approximate surface area is 140 Å². The van der Waals surface area contributed by atoms with E-state index in [0.717, 1.165) is 5.56 Å². The van der Waals surface area contributed by atoms with Gasteiger partial charge in [0.1, 0.15) is 12.0 Å². The molecule has 0 saturated heterocycles. The number of hydrogen-bond donors (Lipinski definition) is 1. The van der Waals surface area contributed by atoms with E-state index >= 15 is 0 Å². The number of H-pyrrole nitrogens is 1. The molecule has 0 fully saturated rings. The predicted octanol–water partition coefficient (Wildman–Crippen LogP) is 3.01. The molecule has 0 bridgehead atoms. The third-order valence-electron chi connectivity index (χ3n) is 3.61. The maximum Gasteiger partial charge on any atom is 0.273 e. The summed E-state index contributed by atoms with van der Waals surface area (Å²) in [4.78, 5) is 21.0. The van der Waals surface area contributed by atoms with Gasteiger partial charge in [0.15, 0.2) is 5.65 Å². The van der Waals surface area contributed by atoms with Crippen molar-refractivity contribution in [1.29, 1.82) is 0 Å². The highest BCUT2D eigenvalue weighted by Crippen LogP contribution is 2.30. The number of nitrogens with zero attached hydrogens (tertiary/aromatic N) is 3. The zero-order chi connectivity index (χ0) is 16.7. The summed E-state index contributed by atoms with van der Waals surface area (Å²) in [5, 5.41) is 3.34. The summed E-state index contributed by atoms with van der Waals surface area (Å²) in [6.07, 6.45) is 4.62. The van der Waals surface area contributed by atoms with Gasteiger partial charge in [0.2, 0.25) is 5.89 Å². The number of aromatic nitrogens is 4. The maximum absolute atomic E-state index is 12.4. The van der Waals surface area contributed by atoms with Crippen molar-refractivity contribution in [2.24, 2.45) is 0 Å². The molecule has 120 valence electrons. The summed E-state index contributed by atoms with van der Waals surface area (Å²) in [5.74, 6) is 0.893. The molecule has 0 spiro atoms. The summed E-state index contributed by atoms with van der Waals surface area (Å²) in [6, 6.07) is 6.65. The van der Waals surface area contributed by atoms with Gasteiger partial charge in [-0.2, -0.15) is 0 Å². The van der Waals surface area contributed by atoms with E-state index in [-0.39, 0.29) is 5.56 Å². The van der Waals surface area contributed by atoms with Gasteiger partial charge >= 0.3 is 0 Å². The van der Waals surface area contributed by atoms with Gasteiger partial charge in [-0.05, 0) is 12.1 Å². The average molecular weight is 343 g/mol. The maximum atomic E-state index is 12.4. The van der Waals surface area contributed by atoms with Gasteiger partial charge in [0, 0.05) is 17.8 Å². The Morgan fingerprint density at radius 3 is 2.96 bits per heavy atom. The van der Waals surface area contributed by atoms with Crippen molar-refractivity contribution in [2.75, 3.05) is 7.11 Å². The normalized spacial score (nSPS) is 11.1. The monoisotopic (exact) mass is 342 g/mol. The molecule has 1 N–H and O–H groups in total. The molecule has 3 heterocycles. The second-order valence-corrected chi connectivity index (χ2v) is 5.42. The van der Waals surface area contributed by atoms with Gasteiger partial charge < -0.3 is 9.15 Å². The van der Waals surface area contributed by atoms with Crippen LogP contribution in [0.4, 0.5) is 0 Å². The van der Waals surface area contributed by atoms with E-state index in [0.29, 0.717) is 33.6 Å². The fourth-order valence-electron chi connectivity index (χ4n) is 2.46. The van der Waals surface area contributed by atoms with Crippen LogP contribution in [0.3, 0.4) is 0 Å². The van der Waals surface area contributed by atoms with E-state index in [4.69, 9.17) is 20.8 Å².